The van der Waals surface area contributed by atoms with Crippen molar-refractivity contribution in [3.63, 3.8) is 0 Å². The van der Waals surface area contributed by atoms with Crippen LogP contribution in [-0.2, 0) is 9.53 Å². The van der Waals surface area contributed by atoms with Gasteiger partial charge in [-0.1, -0.05) is 27.2 Å². The van der Waals surface area contributed by atoms with Crippen LogP contribution < -0.4 is 0 Å². The van der Waals surface area contributed by atoms with Crippen LogP contribution in [0.1, 0.15) is 65.7 Å². The zero-order valence-corrected chi connectivity index (χ0v) is 13.7. The molecule has 0 radical (unpaired) electrons. The van der Waals surface area contributed by atoms with E-state index in [0.29, 0.717) is 25.2 Å². The predicted octanol–water partition coefficient (Wildman–Crippen LogP) is 5.06. The fourth-order valence-electron chi connectivity index (χ4n) is 1.62. The highest BCUT2D eigenvalue weighted by Gasteiger charge is 2.25. The smallest absolute Gasteiger partial charge is 0.305 e. The van der Waals surface area contributed by atoms with Gasteiger partial charge in [0, 0.05) is 24.5 Å². The standard InChI is InChI=1S/C15H28F2O2S/c1-4-7-9-14(18)19-12-13(5-2)20-11-8-10-15(16,17)6-3/h13H,4-12H2,1-3H3. The molecule has 0 rings (SSSR count). The largest absolute Gasteiger partial charge is 0.464 e. The first-order chi connectivity index (χ1) is 9.45. The Balaban J connectivity index is 3.74. The van der Waals surface area contributed by atoms with Crippen molar-refractivity contribution in [3.8, 4) is 0 Å². The van der Waals surface area contributed by atoms with Gasteiger partial charge < -0.3 is 4.74 Å². The van der Waals surface area contributed by atoms with Gasteiger partial charge >= 0.3 is 5.97 Å². The molecule has 0 bridgehead atoms. The monoisotopic (exact) mass is 310 g/mol. The van der Waals surface area contributed by atoms with E-state index in [-0.39, 0.29) is 24.1 Å². The highest BCUT2D eigenvalue weighted by Crippen LogP contribution is 2.26. The maximum absolute atomic E-state index is 13.1. The molecular formula is C15H28F2O2S. The van der Waals surface area contributed by atoms with Gasteiger partial charge in [-0.15, -0.1) is 0 Å². The molecule has 1 atom stereocenters. The van der Waals surface area contributed by atoms with Crippen molar-refractivity contribution in [2.45, 2.75) is 76.9 Å². The first-order valence-electron chi connectivity index (χ1n) is 7.60. The lowest BCUT2D eigenvalue weighted by Crippen LogP contribution is -2.17. The van der Waals surface area contributed by atoms with Gasteiger partial charge in [0.05, 0.1) is 0 Å². The van der Waals surface area contributed by atoms with Crippen molar-refractivity contribution in [1.29, 1.82) is 0 Å². The van der Waals surface area contributed by atoms with E-state index in [1.807, 2.05) is 13.8 Å². The number of ether oxygens (including phenoxy) is 1. The molecule has 0 N–H and O–H groups in total. The summed E-state index contributed by atoms with van der Waals surface area (Å²) in [4.78, 5) is 11.4. The van der Waals surface area contributed by atoms with Gasteiger partial charge in [-0.3, -0.25) is 4.79 Å². The van der Waals surface area contributed by atoms with Crippen LogP contribution in [0.2, 0.25) is 0 Å². The van der Waals surface area contributed by atoms with E-state index in [1.54, 1.807) is 11.8 Å². The average molecular weight is 310 g/mol. The Hall–Kier alpha value is -0.320. The van der Waals surface area contributed by atoms with E-state index < -0.39 is 5.92 Å². The first kappa shape index (κ1) is 19.7. The molecule has 0 heterocycles. The summed E-state index contributed by atoms with van der Waals surface area (Å²) in [7, 11) is 0. The van der Waals surface area contributed by atoms with E-state index in [4.69, 9.17) is 4.74 Å². The van der Waals surface area contributed by atoms with Gasteiger partial charge in [-0.25, -0.2) is 8.78 Å². The van der Waals surface area contributed by atoms with E-state index in [9.17, 15) is 13.6 Å². The minimum atomic E-state index is -2.53. The Bertz CT molecular complexity index is 260. The maximum atomic E-state index is 13.1. The van der Waals surface area contributed by atoms with Crippen molar-refractivity contribution >= 4 is 17.7 Å². The molecule has 2 nitrogen and oxygen atoms in total. The Labute approximate surface area is 126 Å². The number of hydrogen-bond acceptors (Lipinski definition) is 3. The summed E-state index contributed by atoms with van der Waals surface area (Å²) < 4.78 is 31.3. The topological polar surface area (TPSA) is 26.3 Å². The SMILES string of the molecule is CCCCC(=O)OCC(CC)SCCCC(F)(F)CC. The fraction of sp³-hybridized carbons (Fsp3) is 0.933. The molecule has 0 aliphatic heterocycles. The second-order valence-electron chi connectivity index (χ2n) is 5.00. The van der Waals surface area contributed by atoms with Gasteiger partial charge in [-0.2, -0.15) is 11.8 Å². The molecule has 0 spiro atoms. The lowest BCUT2D eigenvalue weighted by molar-refractivity contribution is -0.143. The van der Waals surface area contributed by atoms with Gasteiger partial charge in [0.2, 0.25) is 5.92 Å². The van der Waals surface area contributed by atoms with Crippen LogP contribution in [-0.4, -0.2) is 29.5 Å². The quantitative estimate of drug-likeness (QED) is 0.372. The molecule has 0 aromatic heterocycles. The molecule has 0 saturated carbocycles. The molecule has 0 aromatic carbocycles. The van der Waals surface area contributed by atoms with Crippen LogP contribution in [0.15, 0.2) is 0 Å². The highest BCUT2D eigenvalue weighted by molar-refractivity contribution is 7.99. The number of halogens is 2. The van der Waals surface area contributed by atoms with Crippen molar-refractivity contribution in [2.24, 2.45) is 0 Å². The van der Waals surface area contributed by atoms with E-state index >= 15 is 0 Å². The van der Waals surface area contributed by atoms with Gasteiger partial charge in [0.1, 0.15) is 6.61 Å². The summed E-state index contributed by atoms with van der Waals surface area (Å²) in [5, 5.41) is 0.218. The van der Waals surface area contributed by atoms with E-state index in [0.717, 1.165) is 19.3 Å². The summed E-state index contributed by atoms with van der Waals surface area (Å²) in [6.45, 7) is 5.97. The molecule has 1 unspecified atom stereocenters. The summed E-state index contributed by atoms with van der Waals surface area (Å²) in [5.41, 5.74) is 0. The Morgan fingerprint density at radius 3 is 2.50 bits per heavy atom. The van der Waals surface area contributed by atoms with Crippen LogP contribution in [0.3, 0.4) is 0 Å². The molecule has 20 heavy (non-hydrogen) atoms. The third-order valence-electron chi connectivity index (χ3n) is 3.18. The van der Waals surface area contributed by atoms with Crippen LogP contribution in [0.4, 0.5) is 8.78 Å². The third kappa shape index (κ3) is 10.5. The van der Waals surface area contributed by atoms with Crippen LogP contribution in [0.25, 0.3) is 0 Å². The third-order valence-corrected chi connectivity index (χ3v) is 4.64. The minimum absolute atomic E-state index is 0.0524. The first-order valence-corrected chi connectivity index (χ1v) is 8.65. The second kappa shape index (κ2) is 11.4. The lowest BCUT2D eigenvalue weighted by atomic mass is 10.1. The average Bonchev–Trinajstić information content (AvgIpc) is 2.44. The van der Waals surface area contributed by atoms with Gasteiger partial charge in [0.15, 0.2) is 0 Å². The number of esters is 1. The number of alkyl halides is 2. The van der Waals surface area contributed by atoms with E-state index in [1.165, 1.54) is 6.92 Å². The predicted molar refractivity (Wildman–Crippen MR) is 81.5 cm³/mol. The van der Waals surface area contributed by atoms with Crippen molar-refractivity contribution in [1.82, 2.24) is 0 Å². The lowest BCUT2D eigenvalue weighted by Gasteiger charge is -2.16. The molecule has 5 heteroatoms. The Morgan fingerprint density at radius 2 is 1.95 bits per heavy atom. The zero-order valence-electron chi connectivity index (χ0n) is 12.9. The summed E-state index contributed by atoms with van der Waals surface area (Å²) in [6.07, 6.45) is 3.55. The molecule has 0 fully saturated rings. The molecule has 0 aromatic rings. The van der Waals surface area contributed by atoms with Crippen LogP contribution in [0.5, 0.6) is 0 Å². The summed E-state index contributed by atoms with van der Waals surface area (Å²) in [5.74, 6) is -1.99. The fourth-order valence-corrected chi connectivity index (χ4v) is 2.66. The normalized spacial score (nSPS) is 13.2. The summed E-state index contributed by atoms with van der Waals surface area (Å²) in [6, 6.07) is 0. The molecule has 0 aliphatic rings. The Morgan fingerprint density at radius 1 is 1.25 bits per heavy atom. The molecule has 0 amide bonds. The molecule has 0 aliphatic carbocycles. The van der Waals surface area contributed by atoms with Crippen LogP contribution >= 0.6 is 11.8 Å². The number of carbonyl (C=O) groups excluding carboxylic acids is 1. The molecular weight excluding hydrogens is 282 g/mol. The highest BCUT2D eigenvalue weighted by atomic mass is 32.2. The zero-order chi connectivity index (χ0) is 15.4. The van der Waals surface area contributed by atoms with Gasteiger partial charge in [-0.05, 0) is 25.0 Å². The minimum Gasteiger partial charge on any atom is -0.464 e. The van der Waals surface area contributed by atoms with Gasteiger partial charge in [0.25, 0.3) is 0 Å². The van der Waals surface area contributed by atoms with Crippen LogP contribution in [0, 0.1) is 0 Å². The van der Waals surface area contributed by atoms with E-state index in [2.05, 4.69) is 0 Å². The second-order valence-corrected chi connectivity index (χ2v) is 6.41. The number of thioether (sulfide) groups is 1. The Kier molecular flexibility index (Phi) is 11.2. The van der Waals surface area contributed by atoms with Crippen molar-refractivity contribution in [3.05, 3.63) is 0 Å². The molecule has 0 saturated heterocycles. The van der Waals surface area contributed by atoms with Crippen molar-refractivity contribution < 1.29 is 18.3 Å². The van der Waals surface area contributed by atoms with Crippen molar-refractivity contribution in [2.75, 3.05) is 12.4 Å². The molecule has 120 valence electrons. The number of rotatable bonds is 12. The maximum Gasteiger partial charge on any atom is 0.305 e. The number of hydrogen-bond donors (Lipinski definition) is 0. The number of unbranched alkanes of at least 4 members (excludes halogenated alkanes) is 1. The summed E-state index contributed by atoms with van der Waals surface area (Å²) >= 11 is 1.63. The number of carbonyl (C=O) groups is 1.